The number of aliphatic hydroxyl groups is 2. The molecule has 0 aromatic carbocycles. The van der Waals surface area contributed by atoms with Crippen molar-refractivity contribution < 1.29 is 19.3 Å². The summed E-state index contributed by atoms with van der Waals surface area (Å²) >= 11 is 0. The van der Waals surface area contributed by atoms with Crippen molar-refractivity contribution in [2.45, 2.75) is 18.2 Å². The summed E-state index contributed by atoms with van der Waals surface area (Å²) < 4.78 is 18.9. The lowest BCUT2D eigenvalue weighted by molar-refractivity contribution is 0.00187. The molecular weight excluding hydrogens is 235 g/mol. The van der Waals surface area contributed by atoms with E-state index in [1.54, 1.807) is 4.98 Å². The van der Waals surface area contributed by atoms with E-state index in [0.717, 1.165) is 10.8 Å². The van der Waals surface area contributed by atoms with Crippen LogP contribution in [0.5, 0.6) is 0 Å². The molecule has 0 amide bonds. The number of nitrogens with zero attached hydrogens (tertiary/aromatic N) is 1. The molecule has 3 unspecified atom stereocenters. The number of hydrogen-bond acceptors (Lipinski definition) is 5. The first-order chi connectivity index (χ1) is 8.04. The summed E-state index contributed by atoms with van der Waals surface area (Å²) in [5.74, 6) is -1.12. The van der Waals surface area contributed by atoms with E-state index in [9.17, 15) is 19.1 Å². The predicted molar refractivity (Wildman–Crippen MR) is 53.2 cm³/mol. The van der Waals surface area contributed by atoms with Crippen molar-refractivity contribution in [2.75, 3.05) is 13.2 Å². The van der Waals surface area contributed by atoms with Crippen molar-refractivity contribution in [3.63, 3.8) is 0 Å². The molecule has 17 heavy (non-hydrogen) atoms. The van der Waals surface area contributed by atoms with Crippen LogP contribution in [0.4, 0.5) is 4.39 Å². The second kappa shape index (κ2) is 4.40. The number of aromatic nitrogens is 2. The Bertz CT molecular complexity index is 525. The fraction of sp³-hybridized carbons (Fsp3) is 0.556. The molecule has 0 aliphatic carbocycles. The zero-order chi connectivity index (χ0) is 12.6. The molecule has 2 heterocycles. The minimum absolute atomic E-state index is 0.0439. The van der Waals surface area contributed by atoms with Crippen LogP contribution in [0.1, 0.15) is 6.04 Å². The molecule has 3 atom stereocenters. The van der Waals surface area contributed by atoms with Crippen molar-refractivity contribution >= 4 is 0 Å². The fourth-order valence-corrected chi connectivity index (χ4v) is 1.78. The normalized spacial score (nSPS) is 28.5. The topological polar surface area (TPSA) is 105 Å². The Kier molecular flexibility index (Phi) is 3.09. The largest absolute Gasteiger partial charge is 0.394 e. The maximum atomic E-state index is 13.0. The van der Waals surface area contributed by atoms with E-state index in [-0.39, 0.29) is 6.61 Å². The molecule has 8 heteroatoms. The number of ether oxygens (including phenoxy) is 1. The maximum Gasteiger partial charge on any atom is 0.328 e. The first-order valence-corrected chi connectivity index (χ1v) is 4.96. The zero-order valence-corrected chi connectivity index (χ0v) is 8.67. The van der Waals surface area contributed by atoms with Gasteiger partial charge in [0.05, 0.1) is 25.5 Å². The van der Waals surface area contributed by atoms with Crippen LogP contribution in [0.2, 0.25) is 0 Å². The van der Waals surface area contributed by atoms with Gasteiger partial charge in [-0.05, 0) is 0 Å². The van der Waals surface area contributed by atoms with Crippen LogP contribution < -0.4 is 11.2 Å². The third-order valence-electron chi connectivity index (χ3n) is 2.72. The van der Waals surface area contributed by atoms with E-state index in [4.69, 9.17) is 9.84 Å². The van der Waals surface area contributed by atoms with Crippen LogP contribution in [0.3, 0.4) is 0 Å². The summed E-state index contributed by atoms with van der Waals surface area (Å²) in [6.45, 7) is -0.448. The van der Waals surface area contributed by atoms with Crippen molar-refractivity contribution in [3.05, 3.63) is 32.9 Å². The summed E-state index contributed by atoms with van der Waals surface area (Å²) in [6.07, 6.45) is -1.23. The molecule has 1 aromatic rings. The van der Waals surface area contributed by atoms with Gasteiger partial charge in [-0.1, -0.05) is 0 Å². The van der Waals surface area contributed by atoms with Gasteiger partial charge in [0.15, 0.2) is 0 Å². The quantitative estimate of drug-likeness (QED) is 0.558. The predicted octanol–water partition coefficient (Wildman–Crippen LogP) is -2.03. The smallest absolute Gasteiger partial charge is 0.328 e. The van der Waals surface area contributed by atoms with Gasteiger partial charge in [-0.15, -0.1) is 0 Å². The van der Waals surface area contributed by atoms with Crippen molar-refractivity contribution in [3.8, 4) is 0 Å². The van der Waals surface area contributed by atoms with E-state index in [2.05, 4.69) is 0 Å². The molecule has 94 valence electrons. The van der Waals surface area contributed by atoms with E-state index < -0.39 is 41.9 Å². The summed E-state index contributed by atoms with van der Waals surface area (Å²) in [4.78, 5) is 24.0. The highest BCUT2D eigenvalue weighted by Crippen LogP contribution is 2.23. The average molecular weight is 246 g/mol. The maximum absolute atomic E-state index is 13.0. The molecule has 1 saturated heterocycles. The minimum Gasteiger partial charge on any atom is -0.394 e. The lowest BCUT2D eigenvalue weighted by Gasteiger charge is -2.17. The molecule has 3 N–H and O–H groups in total. The van der Waals surface area contributed by atoms with Crippen LogP contribution in [-0.4, -0.2) is 45.2 Å². The van der Waals surface area contributed by atoms with Gasteiger partial charge in [-0.2, -0.15) is 4.39 Å². The summed E-state index contributed by atoms with van der Waals surface area (Å²) in [5, 5.41) is 18.6. The third kappa shape index (κ3) is 2.02. The first-order valence-electron chi connectivity index (χ1n) is 4.96. The van der Waals surface area contributed by atoms with Crippen molar-refractivity contribution in [2.24, 2.45) is 0 Å². The second-order valence-corrected chi connectivity index (χ2v) is 3.76. The molecule has 0 saturated carbocycles. The van der Waals surface area contributed by atoms with E-state index >= 15 is 0 Å². The Morgan fingerprint density at radius 2 is 2.29 bits per heavy atom. The summed E-state index contributed by atoms with van der Waals surface area (Å²) in [7, 11) is 0. The van der Waals surface area contributed by atoms with Crippen LogP contribution in [0.15, 0.2) is 15.8 Å². The van der Waals surface area contributed by atoms with E-state index in [1.165, 1.54) is 0 Å². The highest BCUT2D eigenvalue weighted by Gasteiger charge is 2.37. The van der Waals surface area contributed by atoms with Gasteiger partial charge >= 0.3 is 5.69 Å². The molecule has 1 fully saturated rings. The van der Waals surface area contributed by atoms with Crippen LogP contribution in [0.25, 0.3) is 0 Å². The lowest BCUT2D eigenvalue weighted by Crippen LogP contribution is -2.39. The van der Waals surface area contributed by atoms with Gasteiger partial charge in [0.25, 0.3) is 5.56 Å². The number of hydrogen-bond donors (Lipinski definition) is 3. The average Bonchev–Trinajstić information content (AvgIpc) is 2.65. The highest BCUT2D eigenvalue weighted by molar-refractivity contribution is 4.95. The highest BCUT2D eigenvalue weighted by atomic mass is 19.1. The molecule has 0 radical (unpaired) electrons. The van der Waals surface area contributed by atoms with Crippen LogP contribution in [-0.2, 0) is 4.74 Å². The number of aromatic amines is 1. The molecule has 2 rings (SSSR count). The van der Waals surface area contributed by atoms with Gasteiger partial charge < -0.3 is 14.9 Å². The number of nitrogens with one attached hydrogen (secondary N) is 1. The first kappa shape index (κ1) is 12.0. The van der Waals surface area contributed by atoms with E-state index in [1.807, 2.05) is 0 Å². The van der Waals surface area contributed by atoms with Crippen molar-refractivity contribution in [1.82, 2.24) is 9.55 Å². The van der Waals surface area contributed by atoms with E-state index in [0.29, 0.717) is 0 Å². The standard InChI is InChI=1S/C9H11FN2O5/c10-4-1-12(9(16)11-8(4)15)5-3-17-6(2-13)7(5)14/h1,5-7,13-14H,2-3H2,(H,11,15,16). The van der Waals surface area contributed by atoms with Crippen LogP contribution >= 0.6 is 0 Å². The number of rotatable bonds is 2. The van der Waals surface area contributed by atoms with Crippen molar-refractivity contribution in [1.29, 1.82) is 0 Å². The van der Waals surface area contributed by atoms with Gasteiger partial charge in [0, 0.05) is 0 Å². The molecule has 1 aliphatic heterocycles. The Balaban J connectivity index is 2.39. The molecule has 1 aliphatic rings. The molecular formula is C9H11FN2O5. The fourth-order valence-electron chi connectivity index (χ4n) is 1.78. The second-order valence-electron chi connectivity index (χ2n) is 3.76. The summed E-state index contributed by atoms with van der Waals surface area (Å²) in [6, 6.07) is -0.828. The van der Waals surface area contributed by atoms with Gasteiger partial charge in [-0.3, -0.25) is 14.3 Å². The minimum atomic E-state index is -1.14. The molecule has 0 bridgehead atoms. The van der Waals surface area contributed by atoms with Gasteiger partial charge in [-0.25, -0.2) is 4.79 Å². The number of aliphatic hydroxyl groups excluding tert-OH is 2. The SMILES string of the molecule is O=c1[nH]c(=O)n(C2COC(CO)C2O)cc1F. The molecule has 7 nitrogen and oxygen atoms in total. The Hall–Kier alpha value is -1.51. The zero-order valence-electron chi connectivity index (χ0n) is 8.67. The third-order valence-corrected chi connectivity index (χ3v) is 2.72. The lowest BCUT2D eigenvalue weighted by atomic mass is 10.1. The Morgan fingerprint density at radius 3 is 2.88 bits per heavy atom. The van der Waals surface area contributed by atoms with Gasteiger partial charge in [0.2, 0.25) is 5.82 Å². The molecule has 0 spiro atoms. The molecule has 1 aromatic heterocycles. The van der Waals surface area contributed by atoms with Gasteiger partial charge in [0.1, 0.15) is 12.2 Å². The summed E-state index contributed by atoms with van der Waals surface area (Å²) in [5.41, 5.74) is -1.94. The monoisotopic (exact) mass is 246 g/mol. The Morgan fingerprint density at radius 1 is 1.59 bits per heavy atom. The Labute approximate surface area is 94.1 Å². The van der Waals surface area contributed by atoms with Crippen LogP contribution in [0, 0.1) is 5.82 Å². The number of H-pyrrole nitrogens is 1. The number of halogens is 1.